The van der Waals surface area contributed by atoms with Gasteiger partial charge in [0.05, 0.1) is 5.69 Å². The van der Waals surface area contributed by atoms with Crippen molar-refractivity contribution in [2.24, 2.45) is 0 Å². The van der Waals surface area contributed by atoms with Crippen molar-refractivity contribution in [3.63, 3.8) is 0 Å². The summed E-state index contributed by atoms with van der Waals surface area (Å²) in [6.45, 7) is 6.36. The third-order valence-electron chi connectivity index (χ3n) is 4.14. The molecule has 0 amide bonds. The van der Waals surface area contributed by atoms with Crippen LogP contribution in [0.3, 0.4) is 0 Å². The number of aromatic nitrogens is 1. The van der Waals surface area contributed by atoms with Gasteiger partial charge in [0.25, 0.3) is 0 Å². The van der Waals surface area contributed by atoms with Crippen molar-refractivity contribution in [3.8, 4) is 0 Å². The zero-order valence-electron chi connectivity index (χ0n) is 11.9. The van der Waals surface area contributed by atoms with E-state index >= 15 is 0 Å². The van der Waals surface area contributed by atoms with Gasteiger partial charge in [0, 0.05) is 30.0 Å². The van der Waals surface area contributed by atoms with Crippen LogP contribution < -0.4 is 5.32 Å². The molecule has 1 saturated heterocycles. The van der Waals surface area contributed by atoms with Crippen LogP contribution in [-0.2, 0) is 11.3 Å². The lowest BCUT2D eigenvalue weighted by atomic mass is 10.2. The lowest BCUT2D eigenvalue weighted by Crippen LogP contribution is -2.24. The van der Waals surface area contributed by atoms with E-state index in [-0.39, 0.29) is 6.10 Å². The molecule has 0 spiro atoms. The number of nitrogens with zero attached hydrogens (tertiary/aromatic N) is 1. The van der Waals surface area contributed by atoms with Gasteiger partial charge >= 0.3 is 0 Å². The van der Waals surface area contributed by atoms with Gasteiger partial charge in [-0.3, -0.25) is 0 Å². The number of ether oxygens (including phenoxy) is 1. The highest BCUT2D eigenvalue weighted by Crippen LogP contribution is 2.44. The molecule has 1 aromatic heterocycles. The van der Waals surface area contributed by atoms with Crippen LogP contribution in [0.5, 0.6) is 0 Å². The van der Waals surface area contributed by atoms with E-state index in [1.165, 1.54) is 41.3 Å². The van der Waals surface area contributed by atoms with E-state index in [0.717, 1.165) is 25.5 Å². The van der Waals surface area contributed by atoms with Crippen molar-refractivity contribution in [1.29, 1.82) is 0 Å². The predicted molar refractivity (Wildman–Crippen MR) is 78.6 cm³/mol. The molecule has 1 aliphatic heterocycles. The monoisotopic (exact) mass is 280 g/mol. The van der Waals surface area contributed by atoms with Crippen molar-refractivity contribution in [2.45, 2.75) is 70.6 Å². The average Bonchev–Trinajstić information content (AvgIpc) is 2.96. The number of thiazole rings is 1. The first-order chi connectivity index (χ1) is 9.28. The Morgan fingerprint density at radius 3 is 2.89 bits per heavy atom. The second-order valence-electron chi connectivity index (χ2n) is 5.83. The van der Waals surface area contributed by atoms with Gasteiger partial charge in [0.15, 0.2) is 0 Å². The molecular formula is C15H24N2OS. The van der Waals surface area contributed by atoms with Crippen molar-refractivity contribution >= 4 is 11.3 Å². The molecule has 3 nitrogen and oxygen atoms in total. The first-order valence-electron chi connectivity index (χ1n) is 7.62. The van der Waals surface area contributed by atoms with Gasteiger partial charge in [-0.15, -0.1) is 11.3 Å². The van der Waals surface area contributed by atoms with E-state index in [2.05, 4.69) is 19.2 Å². The number of nitrogens with one attached hydrogen (secondary N) is 1. The van der Waals surface area contributed by atoms with Crippen LogP contribution in [0, 0.1) is 0 Å². The third kappa shape index (κ3) is 3.18. The van der Waals surface area contributed by atoms with Crippen LogP contribution in [0.4, 0.5) is 0 Å². The van der Waals surface area contributed by atoms with E-state index in [4.69, 9.17) is 9.72 Å². The summed E-state index contributed by atoms with van der Waals surface area (Å²) in [5.74, 6) is 0.736. The summed E-state index contributed by atoms with van der Waals surface area (Å²) in [5, 5.41) is 4.83. The van der Waals surface area contributed by atoms with Gasteiger partial charge in [-0.05, 0) is 39.0 Å². The van der Waals surface area contributed by atoms with Crippen molar-refractivity contribution in [3.05, 3.63) is 15.6 Å². The van der Waals surface area contributed by atoms with Crippen LogP contribution in [0.2, 0.25) is 0 Å². The van der Waals surface area contributed by atoms with E-state index < -0.39 is 0 Å². The molecule has 4 heteroatoms. The topological polar surface area (TPSA) is 34.1 Å². The van der Waals surface area contributed by atoms with Crippen LogP contribution >= 0.6 is 11.3 Å². The molecule has 2 aliphatic rings. The lowest BCUT2D eigenvalue weighted by molar-refractivity contribution is 0.111. The SMILES string of the molecule is CCC(C)NCc1sc(C2CCCO2)nc1C1CC1. The lowest BCUT2D eigenvalue weighted by Gasteiger charge is -2.10. The summed E-state index contributed by atoms with van der Waals surface area (Å²) in [6, 6.07) is 0.584. The smallest absolute Gasteiger partial charge is 0.122 e. The summed E-state index contributed by atoms with van der Waals surface area (Å²) < 4.78 is 5.78. The van der Waals surface area contributed by atoms with Gasteiger partial charge in [-0.2, -0.15) is 0 Å². The molecule has 2 heterocycles. The maximum absolute atomic E-state index is 5.78. The Labute approximate surface area is 119 Å². The molecule has 1 aromatic rings. The quantitative estimate of drug-likeness (QED) is 0.861. The summed E-state index contributed by atoms with van der Waals surface area (Å²) in [4.78, 5) is 6.36. The molecule has 0 aromatic carbocycles. The summed E-state index contributed by atoms with van der Waals surface area (Å²) in [6.07, 6.45) is 6.44. The highest BCUT2D eigenvalue weighted by molar-refractivity contribution is 7.11. The van der Waals surface area contributed by atoms with Gasteiger partial charge in [0.2, 0.25) is 0 Å². The van der Waals surface area contributed by atoms with Crippen LogP contribution in [0.15, 0.2) is 0 Å². The average molecular weight is 280 g/mol. The molecule has 2 unspecified atom stereocenters. The fourth-order valence-electron chi connectivity index (χ4n) is 2.51. The van der Waals surface area contributed by atoms with Crippen molar-refractivity contribution in [2.75, 3.05) is 6.61 Å². The van der Waals surface area contributed by atoms with E-state index in [1.54, 1.807) is 0 Å². The minimum absolute atomic E-state index is 0.278. The maximum Gasteiger partial charge on any atom is 0.122 e. The Hall–Kier alpha value is -0.450. The van der Waals surface area contributed by atoms with Crippen LogP contribution in [-0.4, -0.2) is 17.6 Å². The van der Waals surface area contributed by atoms with Crippen molar-refractivity contribution < 1.29 is 4.74 Å². The number of rotatable bonds is 6. The molecule has 106 valence electrons. The van der Waals surface area contributed by atoms with Crippen molar-refractivity contribution in [1.82, 2.24) is 10.3 Å². The molecule has 0 radical (unpaired) electrons. The Kier molecular flexibility index (Phi) is 4.20. The Bertz CT molecular complexity index is 422. The molecule has 3 rings (SSSR count). The molecule has 0 bridgehead atoms. The summed E-state index contributed by atoms with van der Waals surface area (Å²) in [7, 11) is 0. The van der Waals surface area contributed by atoms with Gasteiger partial charge in [-0.1, -0.05) is 6.92 Å². The molecule has 2 fully saturated rings. The first kappa shape index (κ1) is 13.5. The Morgan fingerprint density at radius 1 is 1.42 bits per heavy atom. The highest BCUT2D eigenvalue weighted by atomic mass is 32.1. The summed E-state index contributed by atoms with van der Waals surface area (Å²) in [5.41, 5.74) is 1.37. The third-order valence-corrected chi connectivity index (χ3v) is 5.30. The normalized spacial score (nSPS) is 24.8. The summed E-state index contributed by atoms with van der Waals surface area (Å²) >= 11 is 1.88. The van der Waals surface area contributed by atoms with E-state index in [1.807, 2.05) is 11.3 Å². The van der Waals surface area contributed by atoms with E-state index in [0.29, 0.717) is 6.04 Å². The van der Waals surface area contributed by atoms with E-state index in [9.17, 15) is 0 Å². The molecule has 19 heavy (non-hydrogen) atoms. The fourth-order valence-corrected chi connectivity index (χ4v) is 3.69. The molecule has 2 atom stereocenters. The largest absolute Gasteiger partial charge is 0.371 e. The fraction of sp³-hybridized carbons (Fsp3) is 0.800. The minimum atomic E-state index is 0.278. The molecule has 1 aliphatic carbocycles. The molecular weight excluding hydrogens is 256 g/mol. The maximum atomic E-state index is 5.78. The van der Waals surface area contributed by atoms with Crippen LogP contribution in [0.1, 0.15) is 73.6 Å². The zero-order valence-corrected chi connectivity index (χ0v) is 12.8. The molecule has 1 saturated carbocycles. The minimum Gasteiger partial charge on any atom is -0.371 e. The van der Waals surface area contributed by atoms with Gasteiger partial charge < -0.3 is 10.1 Å². The second kappa shape index (κ2) is 5.90. The van der Waals surface area contributed by atoms with Gasteiger partial charge in [-0.25, -0.2) is 4.98 Å². The Balaban J connectivity index is 1.73. The van der Waals surface area contributed by atoms with Crippen LogP contribution in [0.25, 0.3) is 0 Å². The first-order valence-corrected chi connectivity index (χ1v) is 8.44. The second-order valence-corrected chi connectivity index (χ2v) is 6.94. The molecule has 1 N–H and O–H groups in total. The number of hydrogen-bond donors (Lipinski definition) is 1. The van der Waals surface area contributed by atoms with Gasteiger partial charge in [0.1, 0.15) is 11.1 Å². The number of hydrogen-bond acceptors (Lipinski definition) is 4. The highest BCUT2D eigenvalue weighted by Gasteiger charge is 2.31. The Morgan fingerprint density at radius 2 is 2.26 bits per heavy atom. The standard InChI is InChI=1S/C15H24N2OS/c1-3-10(2)16-9-13-14(11-6-7-11)17-15(19-13)12-5-4-8-18-12/h10-12,16H,3-9H2,1-2H3. The zero-order chi connectivity index (χ0) is 13.2. The predicted octanol–water partition coefficient (Wildman–Crippen LogP) is 3.76.